The van der Waals surface area contributed by atoms with Gasteiger partial charge < -0.3 is 5.32 Å². The van der Waals surface area contributed by atoms with E-state index in [1.807, 2.05) is 25.1 Å². The van der Waals surface area contributed by atoms with E-state index in [-0.39, 0.29) is 0 Å². The van der Waals surface area contributed by atoms with Crippen LogP contribution in [-0.2, 0) is 0 Å². The Morgan fingerprint density at radius 1 is 1.16 bits per heavy atom. The Kier molecular flexibility index (Phi) is 4.25. The van der Waals surface area contributed by atoms with Gasteiger partial charge in [-0.3, -0.25) is 4.57 Å². The van der Waals surface area contributed by atoms with Crippen molar-refractivity contribution < 1.29 is 0 Å². The Morgan fingerprint density at radius 3 is 2.47 bits per heavy atom. The average molecular weight is 257 g/mol. The lowest BCUT2D eigenvalue weighted by Gasteiger charge is -2.17. The molecule has 0 spiro atoms. The number of aryl methyl sites for hydroxylation is 1. The number of hydrogen-bond donors (Lipinski definition) is 1. The monoisotopic (exact) mass is 257 g/mol. The highest BCUT2D eigenvalue weighted by molar-refractivity contribution is 5.42. The van der Waals surface area contributed by atoms with E-state index in [9.17, 15) is 0 Å². The number of para-hydroxylation sites is 1. The van der Waals surface area contributed by atoms with Crippen LogP contribution in [0.4, 0.5) is 5.95 Å². The molecule has 1 N–H and O–H groups in total. The molecular formula is C16H23N3. The zero-order chi connectivity index (χ0) is 13.8. The molecule has 0 aliphatic heterocycles. The molecule has 1 aromatic carbocycles. The summed E-state index contributed by atoms with van der Waals surface area (Å²) in [5, 5.41) is 3.47. The van der Waals surface area contributed by atoms with Gasteiger partial charge in [0.25, 0.3) is 0 Å². The number of hydrogen-bond acceptors (Lipinski definition) is 2. The molecular weight excluding hydrogens is 234 g/mol. The van der Waals surface area contributed by atoms with Gasteiger partial charge in [0.15, 0.2) is 0 Å². The normalized spacial score (nSPS) is 12.7. The van der Waals surface area contributed by atoms with E-state index in [1.165, 1.54) is 0 Å². The first-order valence-corrected chi connectivity index (χ1v) is 6.93. The number of nitrogens with zero attached hydrogens (tertiary/aromatic N) is 2. The molecule has 0 saturated carbocycles. The van der Waals surface area contributed by atoms with E-state index < -0.39 is 0 Å². The Hall–Kier alpha value is -1.77. The fourth-order valence-corrected chi connectivity index (χ4v) is 1.90. The molecule has 1 heterocycles. The van der Waals surface area contributed by atoms with E-state index in [2.05, 4.69) is 54.0 Å². The van der Waals surface area contributed by atoms with E-state index >= 15 is 0 Å². The third kappa shape index (κ3) is 3.37. The molecule has 3 nitrogen and oxygen atoms in total. The molecule has 0 amide bonds. The molecule has 1 atom stereocenters. The Bertz CT molecular complexity index is 514. The van der Waals surface area contributed by atoms with Crippen molar-refractivity contribution in [1.29, 1.82) is 0 Å². The Morgan fingerprint density at radius 2 is 1.84 bits per heavy atom. The Labute approximate surface area is 115 Å². The lowest BCUT2D eigenvalue weighted by molar-refractivity contribution is 0.438. The van der Waals surface area contributed by atoms with Gasteiger partial charge in [0.1, 0.15) is 0 Å². The van der Waals surface area contributed by atoms with Gasteiger partial charge in [-0.15, -0.1) is 0 Å². The maximum Gasteiger partial charge on any atom is 0.207 e. The number of anilines is 1. The van der Waals surface area contributed by atoms with Crippen LogP contribution in [0.15, 0.2) is 36.5 Å². The van der Waals surface area contributed by atoms with Crippen LogP contribution >= 0.6 is 0 Å². The predicted octanol–water partition coefficient (Wildman–Crippen LogP) is 3.88. The van der Waals surface area contributed by atoms with Crippen LogP contribution in [0, 0.1) is 18.8 Å². The molecule has 0 fully saturated rings. The third-order valence-electron chi connectivity index (χ3n) is 3.58. The van der Waals surface area contributed by atoms with Crippen molar-refractivity contribution >= 4 is 5.95 Å². The van der Waals surface area contributed by atoms with Crippen LogP contribution in [0.1, 0.15) is 26.5 Å². The van der Waals surface area contributed by atoms with E-state index in [0.717, 1.165) is 23.9 Å². The van der Waals surface area contributed by atoms with Crippen molar-refractivity contribution in [2.24, 2.45) is 11.8 Å². The smallest absolute Gasteiger partial charge is 0.207 e. The highest BCUT2D eigenvalue weighted by Gasteiger charge is 2.10. The van der Waals surface area contributed by atoms with E-state index in [0.29, 0.717) is 11.8 Å². The molecule has 102 valence electrons. The molecule has 0 aliphatic rings. The molecule has 1 aromatic heterocycles. The molecule has 3 heteroatoms. The maximum absolute atomic E-state index is 4.57. The predicted molar refractivity (Wildman–Crippen MR) is 80.8 cm³/mol. The summed E-state index contributed by atoms with van der Waals surface area (Å²) < 4.78 is 2.11. The zero-order valence-corrected chi connectivity index (χ0v) is 12.2. The number of imidazole rings is 1. The summed E-state index contributed by atoms with van der Waals surface area (Å²) in [5.41, 5.74) is 2.17. The SMILES string of the molecule is Cc1cn(-c2ccccc2)c(NCC(C)C(C)C)n1. The number of benzene rings is 1. The second kappa shape index (κ2) is 5.91. The van der Waals surface area contributed by atoms with Crippen LogP contribution in [-0.4, -0.2) is 16.1 Å². The summed E-state index contributed by atoms with van der Waals surface area (Å²) in [6.07, 6.45) is 2.07. The minimum atomic E-state index is 0.626. The van der Waals surface area contributed by atoms with Crippen molar-refractivity contribution in [1.82, 2.24) is 9.55 Å². The summed E-state index contributed by atoms with van der Waals surface area (Å²) >= 11 is 0. The summed E-state index contributed by atoms with van der Waals surface area (Å²) in [4.78, 5) is 4.57. The van der Waals surface area contributed by atoms with E-state index in [4.69, 9.17) is 0 Å². The van der Waals surface area contributed by atoms with Gasteiger partial charge in [-0.2, -0.15) is 0 Å². The molecule has 0 bridgehead atoms. The average Bonchev–Trinajstić information content (AvgIpc) is 2.78. The Balaban J connectivity index is 2.18. The third-order valence-corrected chi connectivity index (χ3v) is 3.58. The highest BCUT2D eigenvalue weighted by atomic mass is 15.2. The van der Waals surface area contributed by atoms with Crippen molar-refractivity contribution in [2.75, 3.05) is 11.9 Å². The van der Waals surface area contributed by atoms with Crippen LogP contribution < -0.4 is 5.32 Å². The molecule has 0 aliphatic carbocycles. The quantitative estimate of drug-likeness (QED) is 0.880. The lowest BCUT2D eigenvalue weighted by Crippen LogP contribution is -2.18. The number of rotatable bonds is 5. The van der Waals surface area contributed by atoms with Crippen molar-refractivity contribution in [2.45, 2.75) is 27.7 Å². The van der Waals surface area contributed by atoms with Crippen molar-refractivity contribution in [3.63, 3.8) is 0 Å². The molecule has 0 saturated heterocycles. The topological polar surface area (TPSA) is 29.9 Å². The van der Waals surface area contributed by atoms with E-state index in [1.54, 1.807) is 0 Å². The first kappa shape index (κ1) is 13.7. The van der Waals surface area contributed by atoms with Crippen LogP contribution in [0.5, 0.6) is 0 Å². The van der Waals surface area contributed by atoms with Gasteiger partial charge in [0.2, 0.25) is 5.95 Å². The fourth-order valence-electron chi connectivity index (χ4n) is 1.90. The van der Waals surface area contributed by atoms with Gasteiger partial charge in [-0.1, -0.05) is 39.0 Å². The highest BCUT2D eigenvalue weighted by Crippen LogP contribution is 2.17. The molecule has 2 aromatic rings. The first-order valence-electron chi connectivity index (χ1n) is 6.93. The molecule has 0 radical (unpaired) electrons. The molecule has 19 heavy (non-hydrogen) atoms. The second-order valence-electron chi connectivity index (χ2n) is 5.51. The standard InChI is InChI=1S/C16H23N3/c1-12(2)13(3)10-17-16-18-14(4)11-19(16)15-8-6-5-7-9-15/h5-9,11-13H,10H2,1-4H3,(H,17,18). The lowest BCUT2D eigenvalue weighted by atomic mass is 9.98. The van der Waals surface area contributed by atoms with Crippen molar-refractivity contribution in [3.05, 3.63) is 42.2 Å². The number of nitrogens with one attached hydrogen (secondary N) is 1. The first-order chi connectivity index (χ1) is 9.08. The second-order valence-corrected chi connectivity index (χ2v) is 5.51. The van der Waals surface area contributed by atoms with Gasteiger partial charge >= 0.3 is 0 Å². The fraction of sp³-hybridized carbons (Fsp3) is 0.438. The molecule has 2 rings (SSSR count). The van der Waals surface area contributed by atoms with Crippen molar-refractivity contribution in [3.8, 4) is 5.69 Å². The summed E-state index contributed by atoms with van der Waals surface area (Å²) in [6.45, 7) is 9.74. The minimum Gasteiger partial charge on any atom is -0.355 e. The summed E-state index contributed by atoms with van der Waals surface area (Å²) in [7, 11) is 0. The van der Waals surface area contributed by atoms with Crippen LogP contribution in [0.3, 0.4) is 0 Å². The van der Waals surface area contributed by atoms with Gasteiger partial charge in [0, 0.05) is 18.4 Å². The van der Waals surface area contributed by atoms with Crippen LogP contribution in [0.2, 0.25) is 0 Å². The summed E-state index contributed by atoms with van der Waals surface area (Å²) in [6, 6.07) is 10.3. The molecule has 1 unspecified atom stereocenters. The van der Waals surface area contributed by atoms with Gasteiger partial charge in [-0.05, 0) is 30.9 Å². The van der Waals surface area contributed by atoms with Gasteiger partial charge in [-0.25, -0.2) is 4.98 Å². The van der Waals surface area contributed by atoms with Crippen LogP contribution in [0.25, 0.3) is 5.69 Å². The number of aromatic nitrogens is 2. The summed E-state index contributed by atoms with van der Waals surface area (Å²) in [5.74, 6) is 2.23. The minimum absolute atomic E-state index is 0.626. The largest absolute Gasteiger partial charge is 0.355 e. The van der Waals surface area contributed by atoms with Gasteiger partial charge in [0.05, 0.1) is 5.69 Å². The maximum atomic E-state index is 4.57. The zero-order valence-electron chi connectivity index (χ0n) is 12.2.